The second-order valence-electron chi connectivity index (χ2n) is 3.87. The molecule has 0 bridgehead atoms. The zero-order valence-electron chi connectivity index (χ0n) is 10.3. The second kappa shape index (κ2) is 5.65. The number of benzene rings is 1. The lowest BCUT2D eigenvalue weighted by molar-refractivity contribution is -0.137. The van der Waals surface area contributed by atoms with E-state index < -0.39 is 22.5 Å². The SMILES string of the molecule is C=CCN(CC(=O)O)S(=O)(=O)c1cccc2c1N=S=N2. The summed E-state index contributed by atoms with van der Waals surface area (Å²) in [7, 11) is -3.97. The van der Waals surface area contributed by atoms with Gasteiger partial charge in [-0.2, -0.15) is 13.0 Å². The Labute approximate surface area is 119 Å². The molecule has 1 aromatic rings. The minimum absolute atomic E-state index is 0.0492. The molecule has 1 heterocycles. The first kappa shape index (κ1) is 14.6. The van der Waals surface area contributed by atoms with Crippen LogP contribution in [0.3, 0.4) is 0 Å². The summed E-state index contributed by atoms with van der Waals surface area (Å²) in [5.74, 6) is -1.24. The van der Waals surface area contributed by atoms with E-state index >= 15 is 0 Å². The third kappa shape index (κ3) is 2.69. The molecule has 1 N–H and O–H groups in total. The van der Waals surface area contributed by atoms with E-state index in [1.165, 1.54) is 12.1 Å². The quantitative estimate of drug-likeness (QED) is 0.820. The van der Waals surface area contributed by atoms with E-state index in [1.54, 1.807) is 12.1 Å². The van der Waals surface area contributed by atoms with Crippen molar-refractivity contribution in [1.82, 2.24) is 4.31 Å². The maximum absolute atomic E-state index is 12.5. The van der Waals surface area contributed by atoms with E-state index in [0.29, 0.717) is 5.69 Å². The molecule has 0 fully saturated rings. The summed E-state index contributed by atoms with van der Waals surface area (Å²) in [4.78, 5) is 10.8. The van der Waals surface area contributed by atoms with Gasteiger partial charge in [0.2, 0.25) is 10.0 Å². The van der Waals surface area contributed by atoms with Crippen LogP contribution in [0.15, 0.2) is 44.5 Å². The fraction of sp³-hybridized carbons (Fsp3) is 0.182. The van der Waals surface area contributed by atoms with Crippen LogP contribution in [-0.2, 0) is 26.2 Å². The maximum Gasteiger partial charge on any atom is 0.318 e. The highest BCUT2D eigenvalue weighted by Gasteiger charge is 2.29. The first-order chi connectivity index (χ1) is 9.46. The lowest BCUT2D eigenvalue weighted by atomic mass is 10.3. The van der Waals surface area contributed by atoms with Crippen molar-refractivity contribution in [3.63, 3.8) is 0 Å². The van der Waals surface area contributed by atoms with Gasteiger partial charge >= 0.3 is 5.97 Å². The molecule has 1 aromatic carbocycles. The molecule has 20 heavy (non-hydrogen) atoms. The van der Waals surface area contributed by atoms with Crippen LogP contribution in [0.2, 0.25) is 0 Å². The summed E-state index contributed by atoms with van der Waals surface area (Å²) in [6.07, 6.45) is 1.33. The van der Waals surface area contributed by atoms with Crippen LogP contribution >= 0.6 is 0 Å². The molecule has 7 nitrogen and oxygen atoms in total. The average Bonchev–Trinajstić information content (AvgIpc) is 2.85. The topological polar surface area (TPSA) is 99.4 Å². The molecular weight excluding hydrogens is 302 g/mol. The van der Waals surface area contributed by atoms with Crippen molar-refractivity contribution in [3.8, 4) is 0 Å². The molecule has 1 aliphatic heterocycles. The van der Waals surface area contributed by atoms with Crippen LogP contribution in [0.1, 0.15) is 0 Å². The van der Waals surface area contributed by atoms with E-state index in [1.807, 2.05) is 0 Å². The largest absolute Gasteiger partial charge is 0.480 e. The number of hydrogen-bond donors (Lipinski definition) is 1. The van der Waals surface area contributed by atoms with Crippen molar-refractivity contribution >= 4 is 38.7 Å². The number of sulfonamides is 1. The van der Waals surface area contributed by atoms with Gasteiger partial charge in [-0.05, 0) is 12.1 Å². The molecule has 0 aliphatic carbocycles. The third-order valence-corrected chi connectivity index (χ3v) is 4.90. The van der Waals surface area contributed by atoms with Crippen LogP contribution in [0, 0.1) is 0 Å². The van der Waals surface area contributed by atoms with Crippen molar-refractivity contribution in [2.75, 3.05) is 13.1 Å². The predicted molar refractivity (Wildman–Crippen MR) is 74.6 cm³/mol. The smallest absolute Gasteiger partial charge is 0.318 e. The molecule has 1 aliphatic rings. The maximum atomic E-state index is 12.5. The normalized spacial score (nSPS) is 13.1. The second-order valence-corrected chi connectivity index (χ2v) is 6.30. The number of hydrogen-bond acceptors (Lipinski definition) is 5. The highest BCUT2D eigenvalue weighted by molar-refractivity contribution is 7.89. The van der Waals surface area contributed by atoms with Gasteiger partial charge in [0.1, 0.15) is 22.8 Å². The number of rotatable bonds is 6. The molecule has 0 unspecified atom stereocenters. The van der Waals surface area contributed by atoms with Gasteiger partial charge in [0.25, 0.3) is 0 Å². The number of fused-ring (bicyclic) bond motifs is 1. The van der Waals surface area contributed by atoms with Crippen LogP contribution < -0.4 is 0 Å². The molecule has 0 atom stereocenters. The fourth-order valence-corrected chi connectivity index (χ4v) is 3.78. The number of carbonyl (C=O) groups is 1. The predicted octanol–water partition coefficient (Wildman–Crippen LogP) is 1.67. The standard InChI is InChI=1S/C11H11N3O4S2/c1-2-6-14(7-10(15)16)20(17,18)9-5-3-4-8-11(9)13-19-12-8/h2-5H,1,6-7H2,(H,15,16). The molecule has 0 aromatic heterocycles. The Kier molecular flexibility index (Phi) is 4.12. The Morgan fingerprint density at radius 2 is 2.20 bits per heavy atom. The lowest BCUT2D eigenvalue weighted by Gasteiger charge is -2.19. The first-order valence-electron chi connectivity index (χ1n) is 5.51. The van der Waals surface area contributed by atoms with Crippen LogP contribution in [-0.4, -0.2) is 36.9 Å². The number of carboxylic acid groups (broad SMARTS) is 1. The van der Waals surface area contributed by atoms with E-state index in [-0.39, 0.29) is 17.1 Å². The zero-order valence-corrected chi connectivity index (χ0v) is 11.9. The molecule has 0 saturated heterocycles. The minimum Gasteiger partial charge on any atom is -0.480 e. The molecule has 2 rings (SSSR count). The van der Waals surface area contributed by atoms with Gasteiger partial charge in [-0.25, -0.2) is 8.42 Å². The van der Waals surface area contributed by atoms with Crippen molar-refractivity contribution in [1.29, 1.82) is 0 Å². The highest BCUT2D eigenvalue weighted by atomic mass is 32.2. The van der Waals surface area contributed by atoms with Gasteiger partial charge in [0.05, 0.1) is 11.4 Å². The molecule has 0 saturated carbocycles. The molecule has 9 heteroatoms. The van der Waals surface area contributed by atoms with E-state index in [4.69, 9.17) is 5.11 Å². The van der Waals surface area contributed by atoms with Crippen molar-refractivity contribution in [3.05, 3.63) is 30.9 Å². The fourth-order valence-electron chi connectivity index (χ4n) is 1.67. The summed E-state index contributed by atoms with van der Waals surface area (Å²) < 4.78 is 33.8. The summed E-state index contributed by atoms with van der Waals surface area (Å²) in [5, 5.41) is 8.83. The molecule has 0 amide bonds. The summed E-state index contributed by atoms with van der Waals surface area (Å²) in [6.45, 7) is 2.71. The first-order valence-corrected chi connectivity index (χ1v) is 7.68. The summed E-state index contributed by atoms with van der Waals surface area (Å²) in [5.41, 5.74) is 0.710. The van der Waals surface area contributed by atoms with E-state index in [2.05, 4.69) is 15.3 Å². The Morgan fingerprint density at radius 3 is 2.85 bits per heavy atom. The van der Waals surface area contributed by atoms with Crippen molar-refractivity contribution < 1.29 is 18.3 Å². The Bertz CT molecular complexity index is 736. The number of aliphatic carboxylic acids is 1. The molecule has 0 spiro atoms. The molecular formula is C11H11N3O4S2. The van der Waals surface area contributed by atoms with Crippen LogP contribution in [0.4, 0.5) is 11.4 Å². The highest BCUT2D eigenvalue weighted by Crippen LogP contribution is 2.38. The van der Waals surface area contributed by atoms with Gasteiger partial charge < -0.3 is 5.11 Å². The van der Waals surface area contributed by atoms with Crippen LogP contribution in [0.5, 0.6) is 0 Å². The van der Waals surface area contributed by atoms with Gasteiger partial charge in [-0.3, -0.25) is 4.79 Å². The van der Waals surface area contributed by atoms with Gasteiger partial charge in [0, 0.05) is 6.54 Å². The van der Waals surface area contributed by atoms with Gasteiger partial charge in [0.15, 0.2) is 0 Å². The number of carboxylic acids is 1. The van der Waals surface area contributed by atoms with Gasteiger partial charge in [-0.1, -0.05) is 12.1 Å². The Balaban J connectivity index is 2.49. The zero-order chi connectivity index (χ0) is 14.8. The van der Waals surface area contributed by atoms with Crippen molar-refractivity contribution in [2.45, 2.75) is 4.90 Å². The van der Waals surface area contributed by atoms with E-state index in [0.717, 1.165) is 15.7 Å². The van der Waals surface area contributed by atoms with Gasteiger partial charge in [-0.15, -0.1) is 6.58 Å². The minimum atomic E-state index is -3.97. The van der Waals surface area contributed by atoms with Crippen molar-refractivity contribution in [2.24, 2.45) is 8.73 Å². The average molecular weight is 313 g/mol. The summed E-state index contributed by atoms with van der Waals surface area (Å²) in [6, 6.07) is 4.58. The number of nitrogens with zero attached hydrogens (tertiary/aromatic N) is 3. The monoisotopic (exact) mass is 313 g/mol. The summed E-state index contributed by atoms with van der Waals surface area (Å²) >= 11 is 0.903. The molecule has 106 valence electrons. The van der Waals surface area contributed by atoms with Crippen LogP contribution in [0.25, 0.3) is 0 Å². The molecule has 0 radical (unpaired) electrons. The third-order valence-electron chi connectivity index (χ3n) is 2.51. The Morgan fingerprint density at radius 1 is 1.45 bits per heavy atom. The lowest BCUT2D eigenvalue weighted by Crippen LogP contribution is -2.35. The van der Waals surface area contributed by atoms with E-state index in [9.17, 15) is 13.2 Å². The Hall–Kier alpha value is -1.84.